The molecule has 0 unspecified atom stereocenters. The maximum Gasteiger partial charge on any atom is 0.312 e. The Hall–Kier alpha value is -2.54. The van der Waals surface area contributed by atoms with E-state index in [0.717, 1.165) is 17.7 Å². The highest BCUT2D eigenvalue weighted by Gasteiger charge is 2.48. The van der Waals surface area contributed by atoms with E-state index in [1.165, 1.54) is 0 Å². The van der Waals surface area contributed by atoms with Crippen molar-refractivity contribution in [3.8, 4) is 11.4 Å². The number of aliphatic hydroxyl groups is 1. The van der Waals surface area contributed by atoms with E-state index in [1.54, 1.807) is 12.4 Å². The molecule has 7 nitrogen and oxygen atoms in total. The molecule has 1 aliphatic rings. The van der Waals surface area contributed by atoms with Crippen molar-refractivity contribution < 1.29 is 15.0 Å². The third kappa shape index (κ3) is 3.39. The smallest absolute Gasteiger partial charge is 0.312 e. The average molecular weight is 356 g/mol. The molecule has 2 aromatic heterocycles. The van der Waals surface area contributed by atoms with Gasteiger partial charge in [-0.15, -0.1) is 0 Å². The lowest BCUT2D eigenvalue weighted by molar-refractivity contribution is -0.159. The van der Waals surface area contributed by atoms with Gasteiger partial charge in [0.25, 0.3) is 0 Å². The van der Waals surface area contributed by atoms with Crippen molar-refractivity contribution in [2.24, 2.45) is 5.41 Å². The van der Waals surface area contributed by atoms with E-state index in [0.29, 0.717) is 31.0 Å². The number of aromatic nitrogens is 3. The third-order valence-electron chi connectivity index (χ3n) is 5.07. The molecule has 3 heterocycles. The lowest BCUT2D eigenvalue weighted by atomic mass is 9.73. The molecule has 26 heavy (non-hydrogen) atoms. The van der Waals surface area contributed by atoms with Gasteiger partial charge in [0.15, 0.2) is 5.82 Å². The summed E-state index contributed by atoms with van der Waals surface area (Å²) in [5.41, 5.74) is 0.562. The third-order valence-corrected chi connectivity index (χ3v) is 5.07. The van der Waals surface area contributed by atoms with E-state index >= 15 is 0 Å². The molecule has 7 heteroatoms. The van der Waals surface area contributed by atoms with Crippen molar-refractivity contribution in [1.82, 2.24) is 15.0 Å². The Morgan fingerprint density at radius 3 is 2.85 bits per heavy atom. The van der Waals surface area contributed by atoms with Crippen molar-refractivity contribution in [1.29, 1.82) is 0 Å². The molecule has 138 valence electrons. The lowest BCUT2D eigenvalue weighted by Gasteiger charge is -2.43. The first-order chi connectivity index (χ1) is 12.5. The van der Waals surface area contributed by atoms with E-state index in [2.05, 4.69) is 15.0 Å². The number of anilines is 1. The minimum atomic E-state index is -1.07. The molecule has 3 rings (SSSR count). The zero-order chi connectivity index (χ0) is 18.7. The van der Waals surface area contributed by atoms with Crippen molar-refractivity contribution in [3.63, 3.8) is 0 Å². The monoisotopic (exact) mass is 356 g/mol. The maximum absolute atomic E-state index is 11.8. The molecule has 0 bridgehead atoms. The predicted octanol–water partition coefficient (Wildman–Crippen LogP) is 2.29. The van der Waals surface area contributed by atoms with E-state index in [4.69, 9.17) is 0 Å². The fourth-order valence-electron chi connectivity index (χ4n) is 3.62. The first-order valence-electron chi connectivity index (χ1n) is 8.89. The summed E-state index contributed by atoms with van der Waals surface area (Å²) in [7, 11) is 0. The quantitative estimate of drug-likeness (QED) is 0.848. The molecule has 0 amide bonds. The van der Waals surface area contributed by atoms with Crippen LogP contribution in [0.2, 0.25) is 0 Å². The Labute approximate surface area is 152 Å². The number of aliphatic hydroxyl groups excluding tert-OH is 1. The second kappa shape index (κ2) is 7.37. The normalized spacial score (nSPS) is 23.0. The number of rotatable bonds is 5. The highest BCUT2D eigenvalue weighted by atomic mass is 16.4. The second-order valence-electron chi connectivity index (χ2n) is 6.86. The number of β-amino-alcohol motifs (C(OH)–C–C–N with tert-alkyl or cyclic N) is 1. The summed E-state index contributed by atoms with van der Waals surface area (Å²) < 4.78 is 0. The summed E-state index contributed by atoms with van der Waals surface area (Å²) in [5, 5.41) is 20.3. The van der Waals surface area contributed by atoms with Crippen LogP contribution in [0.4, 0.5) is 5.82 Å². The van der Waals surface area contributed by atoms with Gasteiger partial charge in [0, 0.05) is 42.8 Å². The standard InChI is InChI=1S/C19H24N4O3/c1-3-6-19(18(25)26)7-9-23(12-15(19)24)16-10-13(2)21-17(22-16)14-5-4-8-20-11-14/h4-5,8,10-11,15,24H,3,6-7,9,12H2,1-2H3,(H,25,26)/t15-,19-/m0/s1. The number of piperidine rings is 1. The zero-order valence-electron chi connectivity index (χ0n) is 15.1. The van der Waals surface area contributed by atoms with Gasteiger partial charge < -0.3 is 15.1 Å². The number of carbonyl (C=O) groups is 1. The summed E-state index contributed by atoms with van der Waals surface area (Å²) in [6, 6.07) is 5.59. The fourth-order valence-corrected chi connectivity index (χ4v) is 3.62. The zero-order valence-corrected chi connectivity index (χ0v) is 15.1. The number of hydrogen-bond donors (Lipinski definition) is 2. The van der Waals surface area contributed by atoms with Crippen LogP contribution in [0.5, 0.6) is 0 Å². The summed E-state index contributed by atoms with van der Waals surface area (Å²) in [6.07, 6.45) is 4.05. The first kappa shape index (κ1) is 18.3. The number of nitrogens with zero attached hydrogens (tertiary/aromatic N) is 4. The van der Waals surface area contributed by atoms with Crippen LogP contribution in [0.3, 0.4) is 0 Å². The van der Waals surface area contributed by atoms with Gasteiger partial charge >= 0.3 is 5.97 Å². The molecule has 1 aliphatic heterocycles. The molecule has 0 spiro atoms. The molecule has 2 aromatic rings. The van der Waals surface area contributed by atoms with Gasteiger partial charge in [0.2, 0.25) is 0 Å². The van der Waals surface area contributed by atoms with E-state index < -0.39 is 17.5 Å². The van der Waals surface area contributed by atoms with Gasteiger partial charge in [-0.05, 0) is 31.9 Å². The molecule has 2 atom stereocenters. The van der Waals surface area contributed by atoms with Crippen LogP contribution in [0.15, 0.2) is 30.6 Å². The minimum Gasteiger partial charge on any atom is -0.481 e. The highest BCUT2D eigenvalue weighted by Crippen LogP contribution is 2.38. The molecule has 0 aliphatic carbocycles. The summed E-state index contributed by atoms with van der Waals surface area (Å²) in [5.74, 6) is 0.360. The summed E-state index contributed by atoms with van der Waals surface area (Å²) in [4.78, 5) is 26.9. The van der Waals surface area contributed by atoms with Gasteiger partial charge in [0.05, 0.1) is 11.5 Å². The van der Waals surface area contributed by atoms with Crippen molar-refractivity contribution >= 4 is 11.8 Å². The number of pyridine rings is 1. The molecule has 0 aromatic carbocycles. The van der Waals surface area contributed by atoms with Crippen LogP contribution in [0.1, 0.15) is 31.9 Å². The van der Waals surface area contributed by atoms with E-state index in [-0.39, 0.29) is 6.54 Å². The Kier molecular flexibility index (Phi) is 5.18. The Bertz CT molecular complexity index is 784. The number of hydrogen-bond acceptors (Lipinski definition) is 6. The van der Waals surface area contributed by atoms with Gasteiger partial charge in [-0.25, -0.2) is 9.97 Å². The largest absolute Gasteiger partial charge is 0.481 e. The van der Waals surface area contributed by atoms with Crippen LogP contribution in [-0.4, -0.2) is 50.3 Å². The molecule has 0 radical (unpaired) electrons. The van der Waals surface area contributed by atoms with Gasteiger partial charge in [-0.3, -0.25) is 9.78 Å². The Morgan fingerprint density at radius 1 is 1.42 bits per heavy atom. The molecule has 0 saturated carbocycles. The Balaban J connectivity index is 1.87. The van der Waals surface area contributed by atoms with Crippen molar-refractivity contribution in [2.45, 2.75) is 39.2 Å². The molecular weight excluding hydrogens is 332 g/mol. The Morgan fingerprint density at radius 2 is 2.23 bits per heavy atom. The van der Waals surface area contributed by atoms with Gasteiger partial charge in [-0.1, -0.05) is 13.3 Å². The van der Waals surface area contributed by atoms with Crippen molar-refractivity contribution in [3.05, 3.63) is 36.3 Å². The van der Waals surface area contributed by atoms with Crippen molar-refractivity contribution in [2.75, 3.05) is 18.0 Å². The fraction of sp³-hybridized carbons (Fsp3) is 0.474. The van der Waals surface area contributed by atoms with E-state index in [1.807, 2.05) is 36.9 Å². The number of aliphatic carboxylic acids is 1. The van der Waals surface area contributed by atoms with E-state index in [9.17, 15) is 15.0 Å². The lowest BCUT2D eigenvalue weighted by Crippen LogP contribution is -2.55. The number of carboxylic acid groups (broad SMARTS) is 1. The maximum atomic E-state index is 11.8. The molecule has 2 N–H and O–H groups in total. The van der Waals surface area contributed by atoms with Crippen LogP contribution in [0, 0.1) is 12.3 Å². The molecular formula is C19H24N4O3. The van der Waals surface area contributed by atoms with Crippen LogP contribution < -0.4 is 4.90 Å². The second-order valence-corrected chi connectivity index (χ2v) is 6.86. The topological polar surface area (TPSA) is 99.4 Å². The minimum absolute atomic E-state index is 0.245. The predicted molar refractivity (Wildman–Crippen MR) is 97.8 cm³/mol. The van der Waals surface area contributed by atoms with Crippen LogP contribution in [0.25, 0.3) is 11.4 Å². The molecule has 1 fully saturated rings. The summed E-state index contributed by atoms with van der Waals surface area (Å²) >= 11 is 0. The highest BCUT2D eigenvalue weighted by molar-refractivity contribution is 5.76. The average Bonchev–Trinajstić information content (AvgIpc) is 2.63. The van der Waals surface area contributed by atoms with Crippen LogP contribution in [-0.2, 0) is 4.79 Å². The SMILES string of the molecule is CCC[C@]1(C(=O)O)CCN(c2cc(C)nc(-c3cccnc3)n2)C[C@@H]1O. The first-order valence-corrected chi connectivity index (χ1v) is 8.89. The van der Waals surface area contributed by atoms with Gasteiger partial charge in [0.1, 0.15) is 5.82 Å². The summed E-state index contributed by atoms with van der Waals surface area (Å²) in [6.45, 7) is 4.61. The van der Waals surface area contributed by atoms with Crippen LogP contribution >= 0.6 is 0 Å². The number of carboxylic acids is 1. The number of aryl methyl sites for hydroxylation is 1. The van der Waals surface area contributed by atoms with Gasteiger partial charge in [-0.2, -0.15) is 0 Å². The molecule has 1 saturated heterocycles.